The highest BCUT2D eigenvalue weighted by molar-refractivity contribution is 7.92. The van der Waals surface area contributed by atoms with Crippen molar-refractivity contribution in [2.75, 3.05) is 32.9 Å². The maximum atomic E-state index is 15.4. The maximum absolute atomic E-state index is 15.4. The van der Waals surface area contributed by atoms with E-state index in [2.05, 4.69) is 10.6 Å². The molecular weight excluding hydrogens is 471 g/mol. The monoisotopic (exact) mass is 506 g/mol. The summed E-state index contributed by atoms with van der Waals surface area (Å²) >= 11 is 0. The highest BCUT2D eigenvalue weighted by Gasteiger charge is 2.43. The molecule has 0 aromatic heterocycles. The lowest BCUT2D eigenvalue weighted by Crippen LogP contribution is -2.53. The number of aliphatic hydroxyl groups is 2. The average Bonchev–Trinajstić information content (AvgIpc) is 2.86. The number of sulfone groups is 1. The van der Waals surface area contributed by atoms with Crippen LogP contribution in [0.3, 0.4) is 0 Å². The van der Waals surface area contributed by atoms with Gasteiger partial charge in [-0.1, -0.05) is 42.5 Å². The fourth-order valence-corrected chi connectivity index (χ4v) is 7.56. The normalized spacial score (nSPS) is 26.8. The number of hydrogen-bond donors (Lipinski definition) is 4. The molecule has 0 amide bonds. The molecule has 2 saturated heterocycles. The van der Waals surface area contributed by atoms with Crippen molar-refractivity contribution in [2.24, 2.45) is 0 Å². The summed E-state index contributed by atoms with van der Waals surface area (Å²) in [6.07, 6.45) is 0.363. The minimum atomic E-state index is -3.55. The van der Waals surface area contributed by atoms with Crippen LogP contribution in [0.1, 0.15) is 41.7 Å². The molecule has 2 aromatic rings. The molecule has 4 rings (SSSR count). The van der Waals surface area contributed by atoms with Gasteiger partial charge in [-0.25, -0.2) is 12.8 Å². The predicted molar refractivity (Wildman–Crippen MR) is 132 cm³/mol. The van der Waals surface area contributed by atoms with Crippen molar-refractivity contribution >= 4 is 9.84 Å². The Morgan fingerprint density at radius 1 is 1.20 bits per heavy atom. The van der Waals surface area contributed by atoms with Gasteiger partial charge in [0.15, 0.2) is 9.84 Å². The van der Waals surface area contributed by atoms with Crippen LogP contribution in [0.15, 0.2) is 48.5 Å². The third-order valence-corrected chi connectivity index (χ3v) is 10.1. The predicted octanol–water partition coefficient (Wildman–Crippen LogP) is 1.83. The van der Waals surface area contributed by atoms with Crippen molar-refractivity contribution < 1.29 is 27.8 Å². The van der Waals surface area contributed by atoms with Gasteiger partial charge in [-0.2, -0.15) is 0 Å². The largest absolute Gasteiger partial charge is 0.394 e. The van der Waals surface area contributed by atoms with Gasteiger partial charge >= 0.3 is 0 Å². The minimum Gasteiger partial charge on any atom is -0.394 e. The molecule has 0 aliphatic carbocycles. The molecule has 2 aromatic carbocycles. The Hall–Kier alpha value is -1.88. The highest BCUT2D eigenvalue weighted by Crippen LogP contribution is 2.35. The Kier molecular flexibility index (Phi) is 8.25. The van der Waals surface area contributed by atoms with Gasteiger partial charge in [0.1, 0.15) is 5.82 Å². The van der Waals surface area contributed by atoms with E-state index in [1.165, 1.54) is 6.07 Å². The van der Waals surface area contributed by atoms with Crippen molar-refractivity contribution in [3.63, 3.8) is 0 Å². The van der Waals surface area contributed by atoms with Gasteiger partial charge in [0, 0.05) is 37.9 Å². The number of ether oxygens (including phenoxy) is 1. The first-order chi connectivity index (χ1) is 16.8. The van der Waals surface area contributed by atoms with Crippen molar-refractivity contribution in [1.82, 2.24) is 10.6 Å². The molecular formula is C26H35FN2O5S. The van der Waals surface area contributed by atoms with E-state index >= 15 is 4.39 Å². The van der Waals surface area contributed by atoms with Crippen LogP contribution < -0.4 is 10.6 Å². The van der Waals surface area contributed by atoms with Crippen LogP contribution >= 0.6 is 0 Å². The first kappa shape index (κ1) is 26.2. The topological polar surface area (TPSA) is 108 Å². The number of hydrogen-bond acceptors (Lipinski definition) is 7. The number of benzene rings is 2. The summed E-state index contributed by atoms with van der Waals surface area (Å²) in [7, 11) is -3.55. The Morgan fingerprint density at radius 2 is 1.91 bits per heavy atom. The van der Waals surface area contributed by atoms with Crippen LogP contribution in [-0.4, -0.2) is 68.9 Å². The van der Waals surface area contributed by atoms with E-state index in [-0.39, 0.29) is 25.6 Å². The van der Waals surface area contributed by atoms with E-state index in [4.69, 9.17) is 4.74 Å². The van der Waals surface area contributed by atoms with E-state index in [1.807, 2.05) is 43.3 Å². The van der Waals surface area contributed by atoms with Gasteiger partial charge < -0.3 is 25.6 Å². The standard InChI is InChI=1S/C26H35FN2O5S/c1-18-24(35(32,33)25(16-28-18)19-5-3-2-4-6-19)13-20-7-8-21(14-23(20)27)26(9-11-34-12-10-26)29-15-22(31)17-30/h2-8,14,18,22,24-25,28-31H,9-13,15-17H2,1H3/t18-,22+,24?,25-/m0/s1. The molecule has 0 bridgehead atoms. The first-order valence-electron chi connectivity index (χ1n) is 12.2. The average molecular weight is 507 g/mol. The third kappa shape index (κ3) is 5.60. The summed E-state index contributed by atoms with van der Waals surface area (Å²) in [6, 6.07) is 13.8. The van der Waals surface area contributed by atoms with Gasteiger partial charge in [-0.15, -0.1) is 0 Å². The second kappa shape index (κ2) is 11.0. The minimum absolute atomic E-state index is 0.0821. The molecule has 2 fully saturated rings. The lowest BCUT2D eigenvalue weighted by Gasteiger charge is -2.39. The van der Waals surface area contributed by atoms with Gasteiger partial charge in [0.2, 0.25) is 0 Å². The van der Waals surface area contributed by atoms with E-state index in [9.17, 15) is 18.6 Å². The fourth-order valence-electron chi connectivity index (χ4n) is 5.20. The Bertz CT molecular complexity index is 1090. The smallest absolute Gasteiger partial charge is 0.163 e. The van der Waals surface area contributed by atoms with E-state index in [1.54, 1.807) is 6.07 Å². The summed E-state index contributed by atoms with van der Waals surface area (Å²) in [4.78, 5) is 0. The Balaban J connectivity index is 1.58. The van der Waals surface area contributed by atoms with Crippen molar-refractivity contribution in [3.8, 4) is 0 Å². The van der Waals surface area contributed by atoms with Crippen LogP contribution in [0.2, 0.25) is 0 Å². The third-order valence-electron chi connectivity index (χ3n) is 7.43. The summed E-state index contributed by atoms with van der Waals surface area (Å²) in [5.74, 6) is -0.442. The SMILES string of the molecule is C[C@@H]1NC[C@@H](c2ccccc2)S(=O)(=O)C1Cc1ccc(C2(NC[C@@H](O)CO)CCOCC2)cc1F. The van der Waals surface area contributed by atoms with Crippen molar-refractivity contribution in [1.29, 1.82) is 0 Å². The molecule has 2 heterocycles. The summed E-state index contributed by atoms with van der Waals surface area (Å²) in [5, 5.41) is 24.2. The van der Waals surface area contributed by atoms with E-state index in [0.29, 0.717) is 38.2 Å². The lowest BCUT2D eigenvalue weighted by molar-refractivity contribution is 0.0242. The second-order valence-corrected chi connectivity index (χ2v) is 12.0. The van der Waals surface area contributed by atoms with Crippen molar-refractivity contribution in [2.45, 2.75) is 54.4 Å². The first-order valence-corrected chi connectivity index (χ1v) is 13.8. The quantitative estimate of drug-likeness (QED) is 0.433. The molecule has 2 aliphatic rings. The van der Waals surface area contributed by atoms with Crippen LogP contribution in [-0.2, 0) is 26.5 Å². The zero-order valence-electron chi connectivity index (χ0n) is 20.0. The van der Waals surface area contributed by atoms with Crippen LogP contribution in [0, 0.1) is 5.82 Å². The zero-order chi connectivity index (χ0) is 25.1. The molecule has 7 nitrogen and oxygen atoms in total. The molecule has 0 radical (unpaired) electrons. The number of halogens is 1. The van der Waals surface area contributed by atoms with Gasteiger partial charge in [0.05, 0.1) is 23.2 Å². The Morgan fingerprint density at radius 3 is 2.57 bits per heavy atom. The number of aliphatic hydroxyl groups excluding tert-OH is 2. The maximum Gasteiger partial charge on any atom is 0.163 e. The lowest BCUT2D eigenvalue weighted by atomic mass is 9.81. The van der Waals surface area contributed by atoms with Gasteiger partial charge in [-0.3, -0.25) is 0 Å². The fraction of sp³-hybridized carbons (Fsp3) is 0.538. The van der Waals surface area contributed by atoms with Gasteiger partial charge in [-0.05, 0) is 48.9 Å². The summed E-state index contributed by atoms with van der Waals surface area (Å²) < 4.78 is 48.0. The molecule has 192 valence electrons. The van der Waals surface area contributed by atoms with Gasteiger partial charge in [0.25, 0.3) is 0 Å². The molecule has 4 atom stereocenters. The molecule has 4 N–H and O–H groups in total. The van der Waals surface area contributed by atoms with E-state index < -0.39 is 37.8 Å². The summed E-state index contributed by atoms with van der Waals surface area (Å²) in [5.41, 5.74) is 1.25. The van der Waals surface area contributed by atoms with Crippen LogP contribution in [0.5, 0.6) is 0 Å². The van der Waals surface area contributed by atoms with Crippen LogP contribution in [0.25, 0.3) is 0 Å². The molecule has 35 heavy (non-hydrogen) atoms. The molecule has 0 saturated carbocycles. The van der Waals surface area contributed by atoms with Crippen LogP contribution in [0.4, 0.5) is 4.39 Å². The van der Waals surface area contributed by atoms with Crippen molar-refractivity contribution in [3.05, 3.63) is 71.0 Å². The Labute approximate surface area is 206 Å². The molecule has 2 aliphatic heterocycles. The number of nitrogens with one attached hydrogen (secondary N) is 2. The van der Waals surface area contributed by atoms with E-state index in [0.717, 1.165) is 11.1 Å². The zero-order valence-corrected chi connectivity index (χ0v) is 20.8. The summed E-state index contributed by atoms with van der Waals surface area (Å²) in [6.45, 7) is 2.97. The molecule has 9 heteroatoms. The number of rotatable bonds is 8. The highest BCUT2D eigenvalue weighted by atomic mass is 32.2. The molecule has 1 unspecified atom stereocenters. The second-order valence-electron chi connectivity index (χ2n) is 9.65. The molecule has 0 spiro atoms.